The van der Waals surface area contributed by atoms with Crippen LogP contribution in [0, 0.1) is 0 Å². The molecule has 4 rings (SSSR count). The molecule has 1 aliphatic rings. The fourth-order valence-electron chi connectivity index (χ4n) is 2.67. The van der Waals surface area contributed by atoms with Crippen LogP contribution in [0.1, 0.15) is 12.1 Å². The van der Waals surface area contributed by atoms with E-state index in [1.807, 2.05) is 60.0 Å². The Kier molecular flexibility index (Phi) is 5.59. The zero-order valence-electron chi connectivity index (χ0n) is 14.8. The lowest BCUT2D eigenvalue weighted by molar-refractivity contribution is -0.145. The molecule has 0 spiro atoms. The molecule has 142 valence electrons. The number of anilines is 3. The Morgan fingerprint density at radius 1 is 1.14 bits per heavy atom. The smallest absolute Gasteiger partial charge is 0.307 e. The normalized spacial score (nSPS) is 15.4. The highest BCUT2D eigenvalue weighted by molar-refractivity contribution is 8.01. The molecule has 2 N–H and O–H groups in total. The van der Waals surface area contributed by atoms with Crippen LogP contribution in [0.4, 0.5) is 16.5 Å². The Bertz CT molecular complexity index is 991. The molecule has 0 saturated heterocycles. The average molecular weight is 412 g/mol. The fraction of sp³-hybridized carbons (Fsp3) is 0.150. The van der Waals surface area contributed by atoms with Crippen molar-refractivity contribution in [3.05, 3.63) is 65.7 Å². The van der Waals surface area contributed by atoms with Crippen molar-refractivity contribution in [1.29, 1.82) is 0 Å². The number of hydrogen-bond donors (Lipinski definition) is 2. The standard InChI is InChI=1S/C20H17N3O3S2/c24-18(10-17-19(25)23-15-8-4-5-9-16(15)28-17)26-11-14-12-27-20(22-14)21-13-6-2-1-3-7-13/h1-9,12,17H,10-11H2,(H,21,22)(H,23,25)/t17-/m0/s1. The largest absolute Gasteiger partial charge is 0.459 e. The molecule has 1 atom stereocenters. The lowest BCUT2D eigenvalue weighted by Gasteiger charge is -2.23. The van der Waals surface area contributed by atoms with E-state index in [4.69, 9.17) is 4.74 Å². The molecular formula is C20H17N3O3S2. The van der Waals surface area contributed by atoms with E-state index in [1.165, 1.54) is 23.1 Å². The average Bonchev–Trinajstić information content (AvgIpc) is 3.15. The summed E-state index contributed by atoms with van der Waals surface area (Å²) in [5.74, 6) is -0.596. The second-order valence-corrected chi connectivity index (χ2v) is 8.19. The summed E-state index contributed by atoms with van der Waals surface area (Å²) in [5, 5.41) is 8.12. The predicted octanol–water partition coefficient (Wildman–Crippen LogP) is 4.43. The Hall–Kier alpha value is -2.84. The van der Waals surface area contributed by atoms with Gasteiger partial charge in [0.05, 0.1) is 23.1 Å². The number of ether oxygens (including phenoxy) is 1. The lowest BCUT2D eigenvalue weighted by atomic mass is 10.2. The summed E-state index contributed by atoms with van der Waals surface area (Å²) in [7, 11) is 0. The topological polar surface area (TPSA) is 80.3 Å². The van der Waals surface area contributed by atoms with Gasteiger partial charge < -0.3 is 15.4 Å². The van der Waals surface area contributed by atoms with Crippen LogP contribution in [0.25, 0.3) is 0 Å². The number of esters is 1. The number of para-hydroxylation sites is 2. The van der Waals surface area contributed by atoms with Gasteiger partial charge in [0.1, 0.15) is 6.61 Å². The number of rotatable bonds is 6. The fourth-order valence-corrected chi connectivity index (χ4v) is 4.48. The minimum atomic E-state index is -0.492. The summed E-state index contributed by atoms with van der Waals surface area (Å²) in [4.78, 5) is 29.7. The molecule has 0 saturated carbocycles. The maximum Gasteiger partial charge on any atom is 0.307 e. The van der Waals surface area contributed by atoms with Crippen LogP contribution >= 0.6 is 23.1 Å². The number of benzene rings is 2. The van der Waals surface area contributed by atoms with E-state index in [-0.39, 0.29) is 18.9 Å². The first kappa shape index (κ1) is 18.5. The molecule has 0 radical (unpaired) electrons. The number of hydrogen-bond acceptors (Lipinski definition) is 7. The van der Waals surface area contributed by atoms with Gasteiger partial charge in [0, 0.05) is 16.0 Å². The van der Waals surface area contributed by atoms with Crippen LogP contribution in [-0.2, 0) is 20.9 Å². The van der Waals surface area contributed by atoms with Crippen molar-refractivity contribution >= 4 is 51.5 Å². The summed E-state index contributed by atoms with van der Waals surface area (Å²) in [5.41, 5.74) is 2.40. The number of nitrogens with zero attached hydrogens (tertiary/aromatic N) is 1. The van der Waals surface area contributed by atoms with E-state index >= 15 is 0 Å². The van der Waals surface area contributed by atoms with Gasteiger partial charge in [-0.2, -0.15) is 0 Å². The number of thioether (sulfide) groups is 1. The molecule has 1 aliphatic heterocycles. The molecule has 8 heteroatoms. The minimum absolute atomic E-state index is 0.0180. The van der Waals surface area contributed by atoms with Crippen molar-refractivity contribution in [3.63, 3.8) is 0 Å². The number of amides is 1. The number of carbonyl (C=O) groups is 2. The monoisotopic (exact) mass is 411 g/mol. The molecule has 6 nitrogen and oxygen atoms in total. The first-order valence-corrected chi connectivity index (χ1v) is 10.4. The van der Waals surface area contributed by atoms with E-state index in [0.29, 0.717) is 5.69 Å². The van der Waals surface area contributed by atoms with Gasteiger partial charge >= 0.3 is 5.97 Å². The summed E-state index contributed by atoms with van der Waals surface area (Å²) in [6, 6.07) is 17.3. The molecule has 1 aromatic heterocycles. The van der Waals surface area contributed by atoms with Crippen LogP contribution in [0.15, 0.2) is 64.9 Å². The number of fused-ring (bicyclic) bond motifs is 1. The Balaban J connectivity index is 1.29. The molecule has 1 amide bonds. The molecule has 0 aliphatic carbocycles. The van der Waals surface area contributed by atoms with Gasteiger partial charge in [0.2, 0.25) is 5.91 Å². The second kappa shape index (κ2) is 8.45. The van der Waals surface area contributed by atoms with Crippen LogP contribution in [-0.4, -0.2) is 22.1 Å². The van der Waals surface area contributed by atoms with Crippen molar-refractivity contribution in [2.24, 2.45) is 0 Å². The third kappa shape index (κ3) is 4.52. The molecule has 28 heavy (non-hydrogen) atoms. The van der Waals surface area contributed by atoms with Crippen LogP contribution in [0.2, 0.25) is 0 Å². The Morgan fingerprint density at radius 3 is 2.79 bits per heavy atom. The van der Waals surface area contributed by atoms with Crippen LogP contribution < -0.4 is 10.6 Å². The number of nitrogens with one attached hydrogen (secondary N) is 2. The number of thiazole rings is 1. The van der Waals surface area contributed by atoms with Crippen molar-refractivity contribution in [2.75, 3.05) is 10.6 Å². The van der Waals surface area contributed by atoms with Gasteiger partial charge in [0.15, 0.2) is 5.13 Å². The zero-order valence-corrected chi connectivity index (χ0v) is 16.4. The maximum absolute atomic E-state index is 12.2. The first-order valence-electron chi connectivity index (χ1n) is 8.66. The number of carbonyl (C=O) groups excluding carboxylic acids is 2. The van der Waals surface area contributed by atoms with Crippen molar-refractivity contribution in [1.82, 2.24) is 4.98 Å². The van der Waals surface area contributed by atoms with Crippen molar-refractivity contribution in [3.8, 4) is 0 Å². The molecule has 0 bridgehead atoms. The molecule has 0 fully saturated rings. The highest BCUT2D eigenvalue weighted by atomic mass is 32.2. The minimum Gasteiger partial charge on any atom is -0.459 e. The van der Waals surface area contributed by atoms with Crippen LogP contribution in [0.3, 0.4) is 0 Å². The molecule has 0 unspecified atom stereocenters. The van der Waals surface area contributed by atoms with E-state index in [2.05, 4.69) is 15.6 Å². The van der Waals surface area contributed by atoms with Crippen molar-refractivity contribution in [2.45, 2.75) is 23.2 Å². The van der Waals surface area contributed by atoms with E-state index < -0.39 is 11.2 Å². The zero-order chi connectivity index (χ0) is 19.3. The number of aromatic nitrogens is 1. The third-order valence-corrected chi connectivity index (χ3v) is 6.10. The Morgan fingerprint density at radius 2 is 1.93 bits per heavy atom. The van der Waals surface area contributed by atoms with E-state index in [9.17, 15) is 9.59 Å². The second-order valence-electron chi connectivity index (χ2n) is 6.09. The maximum atomic E-state index is 12.2. The molecule has 3 aromatic rings. The quantitative estimate of drug-likeness (QED) is 0.584. The van der Waals surface area contributed by atoms with E-state index in [0.717, 1.165) is 21.4 Å². The highest BCUT2D eigenvalue weighted by Gasteiger charge is 2.29. The summed E-state index contributed by atoms with van der Waals surface area (Å²) in [6.07, 6.45) is 0.0180. The van der Waals surface area contributed by atoms with Crippen molar-refractivity contribution < 1.29 is 14.3 Å². The molecular weight excluding hydrogens is 394 g/mol. The van der Waals surface area contributed by atoms with Gasteiger partial charge in [-0.3, -0.25) is 9.59 Å². The first-order chi connectivity index (χ1) is 13.7. The van der Waals surface area contributed by atoms with Gasteiger partial charge in [-0.15, -0.1) is 23.1 Å². The van der Waals surface area contributed by atoms with Gasteiger partial charge in [0.25, 0.3) is 0 Å². The Labute approximate surface area is 170 Å². The van der Waals surface area contributed by atoms with Gasteiger partial charge in [-0.25, -0.2) is 4.98 Å². The van der Waals surface area contributed by atoms with Crippen LogP contribution in [0.5, 0.6) is 0 Å². The summed E-state index contributed by atoms with van der Waals surface area (Å²) in [6.45, 7) is 0.0847. The third-order valence-electron chi connectivity index (χ3n) is 4.02. The summed E-state index contributed by atoms with van der Waals surface area (Å²) < 4.78 is 5.31. The lowest BCUT2D eigenvalue weighted by Crippen LogP contribution is -2.31. The predicted molar refractivity (Wildman–Crippen MR) is 111 cm³/mol. The highest BCUT2D eigenvalue weighted by Crippen LogP contribution is 2.36. The van der Waals surface area contributed by atoms with Gasteiger partial charge in [-0.05, 0) is 24.3 Å². The SMILES string of the molecule is O=C(C[C@@H]1Sc2ccccc2NC1=O)OCc1csc(Nc2ccccc2)n1. The van der Waals surface area contributed by atoms with Gasteiger partial charge in [-0.1, -0.05) is 30.3 Å². The molecule has 2 heterocycles. The summed E-state index contributed by atoms with van der Waals surface area (Å²) >= 11 is 2.83. The van der Waals surface area contributed by atoms with E-state index in [1.54, 1.807) is 0 Å². The molecule has 2 aromatic carbocycles.